The lowest BCUT2D eigenvalue weighted by Gasteiger charge is -1.98. The normalized spacial score (nSPS) is 15.6. The highest BCUT2D eigenvalue weighted by Gasteiger charge is 2.22. The van der Waals surface area contributed by atoms with Crippen LogP contribution in [0.25, 0.3) is 11.6 Å². The highest BCUT2D eigenvalue weighted by atomic mass is 18.2. The van der Waals surface area contributed by atoms with Gasteiger partial charge in [0.2, 0.25) is 0 Å². The molecular formula is C15H10FNO. The van der Waals surface area contributed by atoms with Crippen LogP contribution in [0.2, 0.25) is 0 Å². The van der Waals surface area contributed by atoms with Crippen molar-refractivity contribution in [3.8, 4) is 0 Å². The Labute approximate surface area is 104 Å². The molecule has 1 amide bonds. The zero-order valence-electron chi connectivity index (χ0n) is 9.48. The minimum Gasteiger partial charge on any atom is -0.321 e. The summed E-state index contributed by atoms with van der Waals surface area (Å²) in [6.45, 7) is 0. The number of rotatable bonds is 1. The lowest BCUT2D eigenvalue weighted by Crippen LogP contribution is -2.03. The molecule has 3 heteroatoms. The quantitative estimate of drug-likeness (QED) is 0.759. The van der Waals surface area contributed by atoms with Crippen LogP contribution in [0.3, 0.4) is 0 Å². The number of nitrogens with one attached hydrogen (secondary N) is 1. The Morgan fingerprint density at radius 1 is 1.00 bits per heavy atom. The van der Waals surface area contributed by atoms with E-state index in [1.807, 2.05) is 24.3 Å². The molecule has 1 N–H and O–H groups in total. The maximum Gasteiger partial charge on any atom is 0.256 e. The average molecular weight is 238 g/mol. The number of fused-ring (bicyclic) bond motifs is 1. The fourth-order valence-electron chi connectivity index (χ4n) is 2.01. The molecule has 0 unspecified atom stereocenters. The van der Waals surface area contributed by atoms with Crippen LogP contribution in [0.15, 0.2) is 48.5 Å². The first-order valence-electron chi connectivity index (χ1n) is 5.62. The SMILES string of the molecule is O=C1Nc2ccccc2/C1=C/c1ccc([18F])cc1. The van der Waals surface area contributed by atoms with Crippen LogP contribution in [0.1, 0.15) is 11.1 Å². The van der Waals surface area contributed by atoms with Crippen molar-refractivity contribution >= 4 is 23.2 Å². The second kappa shape index (κ2) is 4.11. The summed E-state index contributed by atoms with van der Waals surface area (Å²) in [7, 11) is 0. The predicted molar refractivity (Wildman–Crippen MR) is 69.3 cm³/mol. The van der Waals surface area contributed by atoms with Gasteiger partial charge in [-0.1, -0.05) is 30.3 Å². The maximum atomic E-state index is 12.8. The summed E-state index contributed by atoms with van der Waals surface area (Å²) >= 11 is 0. The number of hydrogen-bond donors (Lipinski definition) is 1. The van der Waals surface area contributed by atoms with Gasteiger partial charge in [0.05, 0.1) is 0 Å². The van der Waals surface area contributed by atoms with Crippen LogP contribution in [-0.2, 0) is 4.79 Å². The van der Waals surface area contributed by atoms with Gasteiger partial charge in [0, 0.05) is 16.8 Å². The molecule has 88 valence electrons. The molecule has 0 aromatic heterocycles. The summed E-state index contributed by atoms with van der Waals surface area (Å²) in [5.74, 6) is -0.408. The highest BCUT2D eigenvalue weighted by Crippen LogP contribution is 2.32. The minimum absolute atomic E-state index is 0.125. The molecule has 1 heterocycles. The van der Waals surface area contributed by atoms with Crippen molar-refractivity contribution in [2.45, 2.75) is 0 Å². The van der Waals surface area contributed by atoms with Gasteiger partial charge in [0.1, 0.15) is 5.82 Å². The van der Waals surface area contributed by atoms with E-state index in [9.17, 15) is 9.18 Å². The van der Waals surface area contributed by atoms with Crippen LogP contribution in [-0.4, -0.2) is 5.91 Å². The molecule has 18 heavy (non-hydrogen) atoms. The number of carbonyl (C=O) groups excluding carboxylic acids is 1. The van der Waals surface area contributed by atoms with E-state index < -0.39 is 0 Å². The standard InChI is InChI=1S/C15H10FNO/c16-11-7-5-10(6-8-11)9-13-12-3-1-2-4-14(12)17-15(13)18/h1-9H,(H,17,18)/b13-9-/i16-1. The van der Waals surface area contributed by atoms with E-state index in [-0.39, 0.29) is 11.7 Å². The van der Waals surface area contributed by atoms with Gasteiger partial charge < -0.3 is 5.32 Å². The molecule has 2 aromatic rings. The molecule has 0 aliphatic carbocycles. The van der Waals surface area contributed by atoms with Crippen molar-refractivity contribution < 1.29 is 9.18 Å². The lowest BCUT2D eigenvalue weighted by atomic mass is 10.0. The van der Waals surface area contributed by atoms with Crippen LogP contribution >= 0.6 is 0 Å². The first kappa shape index (κ1) is 10.7. The molecule has 0 saturated heterocycles. The van der Waals surface area contributed by atoms with Crippen LogP contribution in [0, 0.1) is 5.82 Å². The molecule has 0 radical (unpaired) electrons. The third-order valence-corrected chi connectivity index (χ3v) is 2.89. The van der Waals surface area contributed by atoms with E-state index in [0.717, 1.165) is 16.8 Å². The minimum atomic E-state index is -0.284. The fraction of sp³-hybridized carbons (Fsp3) is 0. The smallest absolute Gasteiger partial charge is 0.256 e. The Kier molecular flexibility index (Phi) is 2.45. The Morgan fingerprint density at radius 2 is 1.72 bits per heavy atom. The Bertz CT molecular complexity index is 644. The molecule has 1 aliphatic heterocycles. The highest BCUT2D eigenvalue weighted by molar-refractivity contribution is 6.34. The second-order valence-electron chi connectivity index (χ2n) is 4.11. The Hall–Kier alpha value is -2.42. The zero-order valence-corrected chi connectivity index (χ0v) is 9.48. The van der Waals surface area contributed by atoms with Crippen LogP contribution in [0.5, 0.6) is 0 Å². The van der Waals surface area contributed by atoms with Crippen molar-refractivity contribution in [2.24, 2.45) is 0 Å². The summed E-state index contributed by atoms with van der Waals surface area (Å²) in [6.07, 6.45) is 1.76. The van der Waals surface area contributed by atoms with Crippen molar-refractivity contribution in [3.63, 3.8) is 0 Å². The van der Waals surface area contributed by atoms with E-state index in [4.69, 9.17) is 0 Å². The first-order valence-corrected chi connectivity index (χ1v) is 5.62. The number of carbonyl (C=O) groups is 1. The van der Waals surface area contributed by atoms with E-state index in [0.29, 0.717) is 5.57 Å². The lowest BCUT2D eigenvalue weighted by molar-refractivity contribution is -0.110. The van der Waals surface area contributed by atoms with Gasteiger partial charge >= 0.3 is 0 Å². The predicted octanol–water partition coefficient (Wildman–Crippen LogP) is 3.32. The van der Waals surface area contributed by atoms with Crippen molar-refractivity contribution in [1.29, 1.82) is 0 Å². The molecule has 3 rings (SSSR count). The second-order valence-corrected chi connectivity index (χ2v) is 4.11. The van der Waals surface area contributed by atoms with Crippen molar-refractivity contribution in [2.75, 3.05) is 5.32 Å². The van der Waals surface area contributed by atoms with Gasteiger partial charge in [-0.05, 0) is 29.8 Å². The molecule has 2 aromatic carbocycles. The van der Waals surface area contributed by atoms with E-state index in [1.54, 1.807) is 18.2 Å². The van der Waals surface area contributed by atoms with E-state index >= 15 is 0 Å². The number of amides is 1. The van der Waals surface area contributed by atoms with Gasteiger partial charge in [-0.15, -0.1) is 0 Å². The monoisotopic (exact) mass is 238 g/mol. The van der Waals surface area contributed by atoms with Gasteiger partial charge in [0.25, 0.3) is 5.91 Å². The summed E-state index contributed by atoms with van der Waals surface area (Å²) in [5.41, 5.74) is 3.11. The molecule has 0 fully saturated rings. The number of para-hydroxylation sites is 1. The van der Waals surface area contributed by atoms with Gasteiger partial charge in [-0.25, -0.2) is 4.39 Å². The number of halogens is 1. The average Bonchev–Trinajstić information content (AvgIpc) is 2.69. The molecule has 0 spiro atoms. The van der Waals surface area contributed by atoms with Crippen LogP contribution in [0.4, 0.5) is 10.1 Å². The van der Waals surface area contributed by atoms with Crippen molar-refractivity contribution in [3.05, 3.63) is 65.5 Å². The summed E-state index contributed by atoms with van der Waals surface area (Å²) in [6, 6.07) is 13.6. The Morgan fingerprint density at radius 3 is 2.50 bits per heavy atom. The fourth-order valence-corrected chi connectivity index (χ4v) is 2.01. The van der Waals surface area contributed by atoms with Gasteiger partial charge in [0.15, 0.2) is 0 Å². The Balaban J connectivity index is 2.07. The summed E-state index contributed by atoms with van der Waals surface area (Å²) in [4.78, 5) is 11.8. The molecule has 0 saturated carbocycles. The van der Waals surface area contributed by atoms with Gasteiger partial charge in [-0.3, -0.25) is 4.79 Å². The molecule has 2 nitrogen and oxygen atoms in total. The van der Waals surface area contributed by atoms with Crippen molar-refractivity contribution in [1.82, 2.24) is 0 Å². The molecule has 1 aliphatic rings. The largest absolute Gasteiger partial charge is 0.321 e. The topological polar surface area (TPSA) is 29.1 Å². The number of benzene rings is 2. The van der Waals surface area contributed by atoms with Gasteiger partial charge in [-0.2, -0.15) is 0 Å². The number of hydrogen-bond acceptors (Lipinski definition) is 1. The number of anilines is 1. The van der Waals surface area contributed by atoms with E-state index in [1.165, 1.54) is 12.1 Å². The van der Waals surface area contributed by atoms with E-state index in [2.05, 4.69) is 5.32 Å². The third-order valence-electron chi connectivity index (χ3n) is 2.89. The summed E-state index contributed by atoms with van der Waals surface area (Å²) in [5, 5.41) is 2.80. The first-order chi connectivity index (χ1) is 8.74. The molecule has 0 bridgehead atoms. The zero-order chi connectivity index (χ0) is 12.5. The van der Waals surface area contributed by atoms with Crippen LogP contribution < -0.4 is 5.32 Å². The summed E-state index contributed by atoms with van der Waals surface area (Å²) < 4.78 is 12.8. The molecular weight excluding hydrogens is 228 g/mol. The third kappa shape index (κ3) is 1.80. The molecule has 0 atom stereocenters. The maximum absolute atomic E-state index is 12.8.